The van der Waals surface area contributed by atoms with Gasteiger partial charge in [-0.15, -0.1) is 6.58 Å². The van der Waals surface area contributed by atoms with E-state index in [0.717, 1.165) is 37.9 Å². The van der Waals surface area contributed by atoms with Crippen molar-refractivity contribution in [2.24, 2.45) is 23.2 Å². The molecule has 2 fully saturated rings. The number of hydrogen-bond acceptors (Lipinski definition) is 2. The van der Waals surface area contributed by atoms with Crippen LogP contribution in [0.4, 0.5) is 0 Å². The molecule has 5 atom stereocenters. The maximum absolute atomic E-state index is 12.9. The maximum atomic E-state index is 12.9. The molecular weight excluding hydrogens is 368 g/mol. The highest BCUT2D eigenvalue weighted by Gasteiger charge is 2.58. The van der Waals surface area contributed by atoms with E-state index in [4.69, 9.17) is 4.74 Å². The smallest absolute Gasteiger partial charge is 0.139 e. The van der Waals surface area contributed by atoms with Crippen LogP contribution in [0.3, 0.4) is 0 Å². The Hall–Kier alpha value is -2.35. The van der Waals surface area contributed by atoms with E-state index in [2.05, 4.69) is 56.0 Å². The summed E-state index contributed by atoms with van der Waals surface area (Å²) in [6.45, 7) is 6.84. The molecule has 0 aliphatic heterocycles. The van der Waals surface area contributed by atoms with Crippen molar-refractivity contribution in [3.8, 4) is 5.75 Å². The van der Waals surface area contributed by atoms with Crippen molar-refractivity contribution in [3.63, 3.8) is 0 Å². The minimum absolute atomic E-state index is 0.106. The van der Waals surface area contributed by atoms with E-state index in [1.165, 1.54) is 23.1 Å². The monoisotopic (exact) mass is 400 g/mol. The highest BCUT2D eigenvalue weighted by Crippen LogP contribution is 2.62. The van der Waals surface area contributed by atoms with Gasteiger partial charge in [-0.2, -0.15) is 0 Å². The maximum Gasteiger partial charge on any atom is 0.139 e. The Kier molecular flexibility index (Phi) is 5.05. The summed E-state index contributed by atoms with van der Waals surface area (Å²) >= 11 is 0. The van der Waals surface area contributed by atoms with Crippen molar-refractivity contribution in [2.45, 2.75) is 58.0 Å². The molecule has 2 nitrogen and oxygen atoms in total. The van der Waals surface area contributed by atoms with E-state index in [0.29, 0.717) is 36.1 Å². The highest BCUT2D eigenvalue weighted by atomic mass is 16.5. The summed E-state index contributed by atoms with van der Waals surface area (Å²) in [5, 5.41) is 0. The minimum atomic E-state index is -0.106. The third kappa shape index (κ3) is 3.21. The molecule has 5 rings (SSSR count). The molecule has 2 saturated carbocycles. The summed E-state index contributed by atoms with van der Waals surface area (Å²) in [6, 6.07) is 17.1. The number of aryl methyl sites for hydroxylation is 1. The number of ether oxygens (including phenoxy) is 1. The molecule has 0 heterocycles. The van der Waals surface area contributed by atoms with Gasteiger partial charge in [0.2, 0.25) is 0 Å². The van der Waals surface area contributed by atoms with Crippen LogP contribution in [0, 0.1) is 23.2 Å². The van der Waals surface area contributed by atoms with E-state index < -0.39 is 0 Å². The van der Waals surface area contributed by atoms with Crippen LogP contribution in [0.1, 0.15) is 61.6 Å². The van der Waals surface area contributed by atoms with Crippen molar-refractivity contribution in [1.82, 2.24) is 0 Å². The molecule has 156 valence electrons. The third-order valence-corrected chi connectivity index (χ3v) is 8.26. The zero-order valence-electron chi connectivity index (χ0n) is 18.0. The van der Waals surface area contributed by atoms with E-state index in [1.54, 1.807) is 0 Å². The average molecular weight is 401 g/mol. The van der Waals surface area contributed by atoms with Gasteiger partial charge in [0.1, 0.15) is 18.1 Å². The van der Waals surface area contributed by atoms with Crippen LogP contribution < -0.4 is 4.74 Å². The van der Waals surface area contributed by atoms with Crippen molar-refractivity contribution < 1.29 is 9.53 Å². The first-order valence-corrected chi connectivity index (χ1v) is 11.5. The van der Waals surface area contributed by atoms with Crippen LogP contribution in [0.25, 0.3) is 0 Å². The predicted molar refractivity (Wildman–Crippen MR) is 121 cm³/mol. The summed E-state index contributed by atoms with van der Waals surface area (Å²) < 4.78 is 6.09. The molecule has 0 N–H and O–H groups in total. The number of carbonyl (C=O) groups excluding carboxylic acids is 1. The standard InChI is InChI=1S/C28H32O2/c1-3-7-21-17-26(29)28(2)15-14-24-23-13-11-22(30-18-19-8-5-4-6-9-19)16-20(23)10-12-25(24)27(21)28/h3-6,8-9,11,13,16,21,24-25,27H,1,7,10,12,14-15,17-18H2,2H3/t21-,24-,25-,27+,28-/m1/s1. The van der Waals surface area contributed by atoms with Gasteiger partial charge in [0.15, 0.2) is 0 Å². The first-order valence-electron chi connectivity index (χ1n) is 11.5. The Morgan fingerprint density at radius 2 is 2.00 bits per heavy atom. The zero-order valence-corrected chi connectivity index (χ0v) is 18.0. The van der Waals surface area contributed by atoms with Gasteiger partial charge in [0, 0.05) is 11.8 Å². The number of ketones is 1. The van der Waals surface area contributed by atoms with Crippen molar-refractivity contribution >= 4 is 5.78 Å². The molecule has 0 unspecified atom stereocenters. The fraction of sp³-hybridized carbons (Fsp3) is 0.464. The second-order valence-corrected chi connectivity index (χ2v) is 9.84. The summed E-state index contributed by atoms with van der Waals surface area (Å²) in [4.78, 5) is 12.9. The lowest BCUT2D eigenvalue weighted by molar-refractivity contribution is -0.129. The minimum Gasteiger partial charge on any atom is -0.489 e. The predicted octanol–water partition coefficient (Wildman–Crippen LogP) is 6.49. The lowest BCUT2D eigenvalue weighted by atomic mass is 9.54. The Morgan fingerprint density at radius 1 is 1.17 bits per heavy atom. The Bertz CT molecular complexity index is 946. The zero-order chi connectivity index (χ0) is 20.7. The molecule has 0 saturated heterocycles. The Balaban J connectivity index is 1.37. The van der Waals surface area contributed by atoms with Gasteiger partial charge in [-0.1, -0.05) is 49.4 Å². The van der Waals surface area contributed by atoms with E-state index >= 15 is 0 Å². The SMILES string of the molecule is C=CC[C@@H]1CC(=O)[C@@]2(C)CC[C@@H]3c4ccc(OCc5ccccc5)cc4CC[C@H]3[C@H]12. The molecule has 30 heavy (non-hydrogen) atoms. The Labute approximate surface area is 180 Å². The van der Waals surface area contributed by atoms with Crippen LogP contribution in [-0.4, -0.2) is 5.78 Å². The van der Waals surface area contributed by atoms with Crippen molar-refractivity contribution in [3.05, 3.63) is 77.9 Å². The number of benzene rings is 2. The van der Waals surface area contributed by atoms with Crippen molar-refractivity contribution in [2.75, 3.05) is 0 Å². The van der Waals surface area contributed by atoms with E-state index in [1.807, 2.05) is 12.1 Å². The van der Waals surface area contributed by atoms with Gasteiger partial charge in [-0.3, -0.25) is 4.79 Å². The van der Waals surface area contributed by atoms with E-state index in [9.17, 15) is 4.79 Å². The average Bonchev–Trinajstić information content (AvgIpc) is 3.03. The molecule has 2 aromatic carbocycles. The molecule has 0 radical (unpaired) electrons. The highest BCUT2D eigenvalue weighted by molar-refractivity contribution is 5.87. The molecule has 3 aliphatic carbocycles. The number of fused-ring (bicyclic) bond motifs is 5. The molecule has 0 amide bonds. The number of allylic oxidation sites excluding steroid dienone is 1. The number of hydrogen-bond donors (Lipinski definition) is 0. The van der Waals surface area contributed by atoms with Gasteiger partial charge in [0.05, 0.1) is 0 Å². The normalized spacial score (nSPS) is 32.1. The second kappa shape index (κ2) is 7.72. The Morgan fingerprint density at radius 3 is 2.80 bits per heavy atom. The quantitative estimate of drug-likeness (QED) is 0.536. The van der Waals surface area contributed by atoms with Gasteiger partial charge < -0.3 is 4.74 Å². The third-order valence-electron chi connectivity index (χ3n) is 8.26. The molecule has 0 aromatic heterocycles. The fourth-order valence-corrected chi connectivity index (χ4v) is 6.88. The van der Waals surface area contributed by atoms with Crippen LogP contribution in [-0.2, 0) is 17.8 Å². The van der Waals surface area contributed by atoms with Crippen LogP contribution >= 0.6 is 0 Å². The largest absolute Gasteiger partial charge is 0.489 e. The summed E-state index contributed by atoms with van der Waals surface area (Å²) in [6.07, 6.45) is 8.24. The molecule has 0 spiro atoms. The number of carbonyl (C=O) groups is 1. The van der Waals surface area contributed by atoms with Crippen LogP contribution in [0.5, 0.6) is 5.75 Å². The molecule has 3 aliphatic rings. The van der Waals surface area contributed by atoms with Crippen LogP contribution in [0.2, 0.25) is 0 Å². The van der Waals surface area contributed by atoms with Gasteiger partial charge in [0.25, 0.3) is 0 Å². The van der Waals surface area contributed by atoms with Gasteiger partial charge >= 0.3 is 0 Å². The van der Waals surface area contributed by atoms with E-state index in [-0.39, 0.29) is 5.41 Å². The number of rotatable bonds is 5. The lowest BCUT2D eigenvalue weighted by Gasteiger charge is -2.49. The second-order valence-electron chi connectivity index (χ2n) is 9.84. The molecule has 0 bridgehead atoms. The summed E-state index contributed by atoms with van der Waals surface area (Å²) in [7, 11) is 0. The topological polar surface area (TPSA) is 26.3 Å². The van der Waals surface area contributed by atoms with Gasteiger partial charge in [-0.05, 0) is 84.6 Å². The van der Waals surface area contributed by atoms with Crippen molar-refractivity contribution in [1.29, 1.82) is 0 Å². The number of Topliss-reactive ketones (excluding diaryl/α,β-unsaturated/α-hetero) is 1. The van der Waals surface area contributed by atoms with Gasteiger partial charge in [-0.25, -0.2) is 0 Å². The lowest BCUT2D eigenvalue weighted by Crippen LogP contribution is -2.44. The first-order chi connectivity index (χ1) is 14.6. The molecule has 2 heteroatoms. The molecule has 2 aromatic rings. The summed E-state index contributed by atoms with van der Waals surface area (Å²) in [5.74, 6) is 3.70. The first kappa shape index (κ1) is 19.6. The summed E-state index contributed by atoms with van der Waals surface area (Å²) in [5.41, 5.74) is 4.05. The van der Waals surface area contributed by atoms with Crippen LogP contribution in [0.15, 0.2) is 61.2 Å². The molecular formula is C28H32O2. The fourth-order valence-electron chi connectivity index (χ4n) is 6.88.